The molecule has 5 heteroatoms. The Kier molecular flexibility index (Phi) is 5.56. The maximum Gasteiger partial charge on any atom is 0.410 e. The van der Waals surface area contributed by atoms with Crippen LogP contribution in [0.5, 0.6) is 5.75 Å². The fourth-order valence-corrected chi connectivity index (χ4v) is 5.36. The molecule has 2 unspecified atom stereocenters. The number of Topliss-reactive ketones (excluding diaryl/α,β-unsaturated/α-hetero) is 1. The molecule has 0 spiro atoms. The number of amides is 1. The van der Waals surface area contributed by atoms with Crippen LogP contribution in [-0.2, 0) is 11.3 Å². The van der Waals surface area contributed by atoms with E-state index in [1.165, 1.54) is 0 Å². The van der Waals surface area contributed by atoms with E-state index >= 15 is 0 Å². The lowest BCUT2D eigenvalue weighted by Gasteiger charge is -2.37. The number of hydrogen-bond acceptors (Lipinski definition) is 4. The fraction of sp³-hybridized carbons (Fsp3) is 0.333. The van der Waals surface area contributed by atoms with Crippen molar-refractivity contribution < 1.29 is 19.1 Å². The smallest absolute Gasteiger partial charge is 0.410 e. The number of carbonyl (C=O) groups excluding carboxylic acids is 2. The first-order valence-electron chi connectivity index (χ1n) is 11.2. The summed E-state index contributed by atoms with van der Waals surface area (Å²) in [5, 5.41) is 1.95. The molecular formula is C27H27NO4. The van der Waals surface area contributed by atoms with Gasteiger partial charge in [-0.25, -0.2) is 4.79 Å². The molecule has 5 rings (SSSR count). The molecule has 5 nitrogen and oxygen atoms in total. The van der Waals surface area contributed by atoms with E-state index in [0.29, 0.717) is 24.2 Å². The molecule has 2 heterocycles. The van der Waals surface area contributed by atoms with E-state index in [9.17, 15) is 9.59 Å². The zero-order valence-electron chi connectivity index (χ0n) is 18.2. The molecule has 0 N–H and O–H groups in total. The van der Waals surface area contributed by atoms with Crippen LogP contribution in [-0.4, -0.2) is 36.0 Å². The third kappa shape index (κ3) is 3.72. The van der Waals surface area contributed by atoms with Crippen LogP contribution < -0.4 is 4.74 Å². The molecule has 0 radical (unpaired) electrons. The summed E-state index contributed by atoms with van der Waals surface area (Å²) in [5.74, 6) is 0.615. The van der Waals surface area contributed by atoms with E-state index in [1.807, 2.05) is 71.6 Å². The average Bonchev–Trinajstić information content (AvgIpc) is 3.11. The van der Waals surface area contributed by atoms with Crippen LogP contribution in [0.25, 0.3) is 10.8 Å². The molecule has 2 fully saturated rings. The predicted octanol–water partition coefficient (Wildman–Crippen LogP) is 5.61. The number of piperidine rings is 1. The molecule has 0 saturated carbocycles. The van der Waals surface area contributed by atoms with Gasteiger partial charge in [-0.15, -0.1) is 0 Å². The van der Waals surface area contributed by atoms with Crippen molar-refractivity contribution in [3.63, 3.8) is 0 Å². The topological polar surface area (TPSA) is 55.8 Å². The molecule has 0 aliphatic carbocycles. The van der Waals surface area contributed by atoms with E-state index in [4.69, 9.17) is 9.47 Å². The summed E-state index contributed by atoms with van der Waals surface area (Å²) < 4.78 is 11.2. The lowest BCUT2D eigenvalue weighted by Crippen LogP contribution is -2.48. The van der Waals surface area contributed by atoms with Crippen LogP contribution in [0.15, 0.2) is 66.7 Å². The zero-order valence-corrected chi connectivity index (χ0v) is 18.2. The van der Waals surface area contributed by atoms with Crippen LogP contribution in [0.1, 0.15) is 41.6 Å². The Balaban J connectivity index is 1.33. The number of rotatable bonds is 5. The van der Waals surface area contributed by atoms with Crippen LogP contribution in [0.2, 0.25) is 0 Å². The average molecular weight is 430 g/mol. The second kappa shape index (κ2) is 8.65. The van der Waals surface area contributed by atoms with Gasteiger partial charge in [-0.05, 0) is 48.1 Å². The van der Waals surface area contributed by atoms with Crippen molar-refractivity contribution in [2.45, 2.75) is 44.4 Å². The second-order valence-electron chi connectivity index (χ2n) is 8.73. The molecule has 164 valence electrons. The van der Waals surface area contributed by atoms with Crippen molar-refractivity contribution in [3.05, 3.63) is 77.9 Å². The first kappa shape index (κ1) is 20.6. The predicted molar refractivity (Wildman–Crippen MR) is 123 cm³/mol. The maximum atomic E-state index is 13.7. The Bertz CT molecular complexity index is 1130. The highest BCUT2D eigenvalue weighted by Crippen LogP contribution is 2.42. The van der Waals surface area contributed by atoms with Gasteiger partial charge in [0.25, 0.3) is 0 Å². The van der Waals surface area contributed by atoms with E-state index in [-0.39, 0.29) is 36.5 Å². The molecule has 1 amide bonds. The molecule has 2 aliphatic heterocycles. The third-order valence-electron chi connectivity index (χ3n) is 6.88. The van der Waals surface area contributed by atoms with Crippen molar-refractivity contribution in [1.82, 2.24) is 4.90 Å². The van der Waals surface area contributed by atoms with Crippen molar-refractivity contribution in [2.24, 2.45) is 5.92 Å². The Morgan fingerprint density at radius 2 is 1.59 bits per heavy atom. The van der Waals surface area contributed by atoms with Gasteiger partial charge >= 0.3 is 6.09 Å². The van der Waals surface area contributed by atoms with Gasteiger partial charge in [-0.2, -0.15) is 0 Å². The number of hydrogen-bond donors (Lipinski definition) is 0. The highest BCUT2D eigenvalue weighted by atomic mass is 16.6. The summed E-state index contributed by atoms with van der Waals surface area (Å²) in [6.45, 7) is 0.269. The summed E-state index contributed by atoms with van der Waals surface area (Å²) in [4.78, 5) is 28.4. The van der Waals surface area contributed by atoms with Gasteiger partial charge in [0.1, 0.15) is 12.4 Å². The molecule has 3 aromatic carbocycles. The van der Waals surface area contributed by atoms with Crippen molar-refractivity contribution in [2.75, 3.05) is 7.11 Å². The lowest BCUT2D eigenvalue weighted by atomic mass is 9.83. The number of methoxy groups -OCH3 is 1. The van der Waals surface area contributed by atoms with E-state index in [1.54, 1.807) is 7.11 Å². The minimum absolute atomic E-state index is 0.0481. The van der Waals surface area contributed by atoms with Gasteiger partial charge in [-0.1, -0.05) is 60.7 Å². The van der Waals surface area contributed by atoms with Crippen molar-refractivity contribution >= 4 is 22.6 Å². The maximum absolute atomic E-state index is 13.7. The number of benzene rings is 3. The lowest BCUT2D eigenvalue weighted by molar-refractivity contribution is 0.0484. The number of nitrogens with zero attached hydrogens (tertiary/aromatic N) is 1. The Hall–Kier alpha value is -3.34. The van der Waals surface area contributed by atoms with E-state index in [2.05, 4.69) is 0 Å². The molecule has 0 aromatic heterocycles. The molecule has 2 bridgehead atoms. The third-order valence-corrected chi connectivity index (χ3v) is 6.88. The number of ketones is 1. The van der Waals surface area contributed by atoms with Gasteiger partial charge in [0.15, 0.2) is 5.78 Å². The van der Waals surface area contributed by atoms with E-state index < -0.39 is 0 Å². The van der Waals surface area contributed by atoms with Gasteiger partial charge in [0.2, 0.25) is 0 Å². The SMILES string of the molecule is COc1ccc2ccccc2c1C(=O)C1CC2CCC(C1)N2C(=O)OCc1ccccc1. The summed E-state index contributed by atoms with van der Waals surface area (Å²) >= 11 is 0. The normalized spacial score (nSPS) is 22.0. The Morgan fingerprint density at radius 3 is 2.31 bits per heavy atom. The van der Waals surface area contributed by atoms with Gasteiger partial charge in [0, 0.05) is 18.0 Å². The zero-order chi connectivity index (χ0) is 22.1. The quantitative estimate of drug-likeness (QED) is 0.495. The van der Waals surface area contributed by atoms with Gasteiger partial charge < -0.3 is 14.4 Å². The minimum atomic E-state index is -0.269. The summed E-state index contributed by atoms with van der Waals surface area (Å²) in [7, 11) is 1.61. The van der Waals surface area contributed by atoms with E-state index in [0.717, 1.165) is 29.2 Å². The monoisotopic (exact) mass is 429 g/mol. The summed E-state index contributed by atoms with van der Waals surface area (Å²) in [6, 6.07) is 21.6. The first-order chi connectivity index (χ1) is 15.7. The molecular weight excluding hydrogens is 402 g/mol. The highest BCUT2D eigenvalue weighted by Gasteiger charge is 2.46. The molecule has 2 saturated heterocycles. The van der Waals surface area contributed by atoms with Crippen LogP contribution in [0.3, 0.4) is 0 Å². The largest absolute Gasteiger partial charge is 0.496 e. The molecule has 3 aromatic rings. The summed E-state index contributed by atoms with van der Waals surface area (Å²) in [6.07, 6.45) is 2.91. The van der Waals surface area contributed by atoms with Crippen LogP contribution in [0, 0.1) is 5.92 Å². The highest BCUT2D eigenvalue weighted by molar-refractivity contribution is 6.11. The van der Waals surface area contributed by atoms with Gasteiger partial charge in [-0.3, -0.25) is 4.79 Å². The van der Waals surface area contributed by atoms with Gasteiger partial charge in [0.05, 0.1) is 12.7 Å². The molecule has 2 atom stereocenters. The number of ether oxygens (including phenoxy) is 2. The van der Waals surface area contributed by atoms with Crippen molar-refractivity contribution in [1.29, 1.82) is 0 Å². The van der Waals surface area contributed by atoms with Crippen molar-refractivity contribution in [3.8, 4) is 5.75 Å². The number of fused-ring (bicyclic) bond motifs is 3. The molecule has 32 heavy (non-hydrogen) atoms. The fourth-order valence-electron chi connectivity index (χ4n) is 5.36. The molecule has 2 aliphatic rings. The summed E-state index contributed by atoms with van der Waals surface area (Å²) in [5.41, 5.74) is 1.64. The Labute approximate surface area is 187 Å². The van der Waals surface area contributed by atoms with Crippen LogP contribution in [0.4, 0.5) is 4.79 Å². The second-order valence-corrected chi connectivity index (χ2v) is 8.73. The first-order valence-corrected chi connectivity index (χ1v) is 11.2. The number of carbonyl (C=O) groups is 2. The van der Waals surface area contributed by atoms with Crippen LogP contribution >= 0.6 is 0 Å². The standard InChI is InChI=1S/C27H27NO4/c1-31-24-14-11-19-9-5-6-10-23(19)25(24)26(29)20-15-21-12-13-22(16-20)28(21)27(30)32-17-18-7-3-2-4-8-18/h2-11,14,20-22H,12-13,15-17H2,1H3. The minimum Gasteiger partial charge on any atom is -0.496 e. The Morgan fingerprint density at radius 1 is 0.906 bits per heavy atom.